The molecule has 0 spiro atoms. The topological polar surface area (TPSA) is 55.5 Å². The largest absolute Gasteiger partial charge is 0.389 e. The van der Waals surface area contributed by atoms with Crippen molar-refractivity contribution < 1.29 is 18.6 Å². The number of nitrogens with two attached hydrogens (primary N) is 1. The molecule has 0 radical (unpaired) electrons. The fourth-order valence-electron chi connectivity index (χ4n) is 0.567. The summed E-state index contributed by atoms with van der Waals surface area (Å²) in [5.74, 6) is 0. The van der Waals surface area contributed by atoms with Crippen molar-refractivity contribution in [1.29, 1.82) is 0 Å². The number of halogens is 2. The summed E-state index contributed by atoms with van der Waals surface area (Å²) in [4.78, 5) is 0. The van der Waals surface area contributed by atoms with Gasteiger partial charge in [-0.25, -0.2) is 8.78 Å². The molecule has 1 unspecified atom stereocenters. The monoisotopic (exact) mass is 183 g/mol. The lowest BCUT2D eigenvalue weighted by Gasteiger charge is -2.20. The number of aliphatic hydroxyl groups is 1. The molecule has 0 amide bonds. The van der Waals surface area contributed by atoms with Crippen LogP contribution in [0.4, 0.5) is 8.78 Å². The van der Waals surface area contributed by atoms with Crippen LogP contribution in [0.5, 0.6) is 0 Å². The fourth-order valence-corrected chi connectivity index (χ4v) is 0.567. The van der Waals surface area contributed by atoms with Crippen molar-refractivity contribution in [3.63, 3.8) is 0 Å². The number of alkyl halides is 2. The van der Waals surface area contributed by atoms with E-state index in [4.69, 9.17) is 5.73 Å². The molecular formula is C7H15F2NO2. The van der Waals surface area contributed by atoms with Crippen LogP contribution in [-0.4, -0.2) is 36.9 Å². The number of rotatable bonds is 6. The molecule has 0 heterocycles. The smallest absolute Gasteiger partial charge is 0.261 e. The first-order valence-corrected chi connectivity index (χ1v) is 3.76. The van der Waals surface area contributed by atoms with E-state index in [0.29, 0.717) is 0 Å². The van der Waals surface area contributed by atoms with Crippen LogP contribution in [0.15, 0.2) is 0 Å². The molecule has 3 nitrogen and oxygen atoms in total. The van der Waals surface area contributed by atoms with E-state index in [9.17, 15) is 13.9 Å². The molecule has 5 heteroatoms. The van der Waals surface area contributed by atoms with Crippen LogP contribution in [0.3, 0.4) is 0 Å². The summed E-state index contributed by atoms with van der Waals surface area (Å²) in [6, 6.07) is 0. The number of hydrogen-bond acceptors (Lipinski definition) is 3. The Kier molecular flexibility index (Phi) is 5.28. The average molecular weight is 183 g/mol. The molecule has 0 saturated carbocycles. The Morgan fingerprint density at radius 2 is 2.17 bits per heavy atom. The van der Waals surface area contributed by atoms with Crippen molar-refractivity contribution in [2.24, 2.45) is 5.73 Å². The molecule has 0 saturated heterocycles. The second-order valence-corrected chi connectivity index (χ2v) is 2.92. The SMILES string of the molecule is CC(O)(CN)CCOCC(F)F. The Morgan fingerprint density at radius 3 is 2.58 bits per heavy atom. The second-order valence-electron chi connectivity index (χ2n) is 2.92. The summed E-state index contributed by atoms with van der Waals surface area (Å²) < 4.78 is 27.6. The summed E-state index contributed by atoms with van der Waals surface area (Å²) in [5.41, 5.74) is 4.18. The van der Waals surface area contributed by atoms with Gasteiger partial charge in [0, 0.05) is 19.6 Å². The zero-order valence-corrected chi connectivity index (χ0v) is 7.09. The zero-order chi connectivity index (χ0) is 9.61. The van der Waals surface area contributed by atoms with Crippen LogP contribution in [0.25, 0.3) is 0 Å². The average Bonchev–Trinajstić information content (AvgIpc) is 1.98. The van der Waals surface area contributed by atoms with Gasteiger partial charge >= 0.3 is 0 Å². The van der Waals surface area contributed by atoms with Crippen molar-refractivity contribution in [3.05, 3.63) is 0 Å². The first-order valence-electron chi connectivity index (χ1n) is 3.76. The maximum Gasteiger partial charge on any atom is 0.261 e. The molecule has 1 atom stereocenters. The highest BCUT2D eigenvalue weighted by molar-refractivity contribution is 4.72. The van der Waals surface area contributed by atoms with Crippen LogP contribution < -0.4 is 5.73 Å². The van der Waals surface area contributed by atoms with E-state index in [2.05, 4.69) is 4.74 Å². The van der Waals surface area contributed by atoms with Gasteiger partial charge in [-0.15, -0.1) is 0 Å². The molecule has 0 aromatic heterocycles. The highest BCUT2D eigenvalue weighted by Crippen LogP contribution is 2.06. The van der Waals surface area contributed by atoms with E-state index in [1.807, 2.05) is 0 Å². The minimum atomic E-state index is -2.45. The standard InChI is InChI=1S/C7H15F2NO2/c1-7(11,5-10)2-3-12-4-6(8)9/h6,11H,2-5,10H2,1H3. The molecule has 12 heavy (non-hydrogen) atoms. The van der Waals surface area contributed by atoms with E-state index < -0.39 is 18.6 Å². The summed E-state index contributed by atoms with van der Waals surface area (Å²) in [6.07, 6.45) is -2.18. The van der Waals surface area contributed by atoms with Gasteiger partial charge in [0.05, 0.1) is 5.60 Å². The van der Waals surface area contributed by atoms with Crippen LogP contribution in [0.1, 0.15) is 13.3 Å². The molecule has 0 aliphatic rings. The second kappa shape index (κ2) is 5.40. The van der Waals surface area contributed by atoms with E-state index in [1.54, 1.807) is 6.92 Å². The lowest BCUT2D eigenvalue weighted by Crippen LogP contribution is -2.35. The van der Waals surface area contributed by atoms with Crippen LogP contribution in [-0.2, 0) is 4.74 Å². The Balaban J connectivity index is 3.31. The third kappa shape index (κ3) is 6.45. The predicted molar refractivity (Wildman–Crippen MR) is 41.1 cm³/mol. The third-order valence-corrected chi connectivity index (χ3v) is 1.47. The van der Waals surface area contributed by atoms with E-state index >= 15 is 0 Å². The maximum absolute atomic E-state index is 11.5. The van der Waals surface area contributed by atoms with Gasteiger partial charge in [0.15, 0.2) is 0 Å². The molecule has 3 N–H and O–H groups in total. The van der Waals surface area contributed by atoms with Crippen LogP contribution in [0, 0.1) is 0 Å². The van der Waals surface area contributed by atoms with E-state index in [0.717, 1.165) is 0 Å². The number of hydrogen-bond donors (Lipinski definition) is 2. The molecule has 0 aliphatic carbocycles. The molecule has 0 fully saturated rings. The fraction of sp³-hybridized carbons (Fsp3) is 1.00. The van der Waals surface area contributed by atoms with E-state index in [-0.39, 0.29) is 19.6 Å². The highest BCUT2D eigenvalue weighted by Gasteiger charge is 2.17. The third-order valence-electron chi connectivity index (χ3n) is 1.47. The first kappa shape index (κ1) is 11.7. The highest BCUT2D eigenvalue weighted by atomic mass is 19.3. The van der Waals surface area contributed by atoms with Gasteiger partial charge < -0.3 is 15.6 Å². The Morgan fingerprint density at radius 1 is 1.58 bits per heavy atom. The Bertz CT molecular complexity index is 120. The lowest BCUT2D eigenvalue weighted by molar-refractivity contribution is -0.0156. The molecule has 0 aliphatic heterocycles. The Labute approximate surface area is 70.5 Å². The van der Waals surface area contributed by atoms with Gasteiger partial charge in [0.2, 0.25) is 0 Å². The van der Waals surface area contributed by atoms with E-state index in [1.165, 1.54) is 0 Å². The van der Waals surface area contributed by atoms with Crippen molar-refractivity contribution in [1.82, 2.24) is 0 Å². The quantitative estimate of drug-likeness (QED) is 0.585. The lowest BCUT2D eigenvalue weighted by atomic mass is 10.0. The van der Waals surface area contributed by atoms with Crippen molar-refractivity contribution in [2.75, 3.05) is 19.8 Å². The summed E-state index contributed by atoms with van der Waals surface area (Å²) >= 11 is 0. The minimum Gasteiger partial charge on any atom is -0.389 e. The summed E-state index contributed by atoms with van der Waals surface area (Å²) in [7, 11) is 0. The molecular weight excluding hydrogens is 168 g/mol. The number of ether oxygens (including phenoxy) is 1. The van der Waals surface area contributed by atoms with Gasteiger partial charge in [-0.2, -0.15) is 0 Å². The van der Waals surface area contributed by atoms with Crippen LogP contribution >= 0.6 is 0 Å². The first-order chi connectivity index (χ1) is 5.48. The van der Waals surface area contributed by atoms with Gasteiger partial charge in [-0.05, 0) is 6.92 Å². The molecule has 0 rings (SSSR count). The molecule has 0 bridgehead atoms. The predicted octanol–water partition coefficient (Wildman–Crippen LogP) is 0.368. The van der Waals surface area contributed by atoms with Crippen molar-refractivity contribution in [2.45, 2.75) is 25.4 Å². The molecule has 0 aromatic carbocycles. The minimum absolute atomic E-state index is 0.102. The summed E-state index contributed by atoms with van der Waals surface area (Å²) in [5, 5.41) is 9.30. The maximum atomic E-state index is 11.5. The normalized spacial score (nSPS) is 16.5. The van der Waals surface area contributed by atoms with Crippen LogP contribution in [0.2, 0.25) is 0 Å². The van der Waals surface area contributed by atoms with Gasteiger partial charge in [0.1, 0.15) is 6.61 Å². The Hall–Kier alpha value is -0.260. The summed E-state index contributed by atoms with van der Waals surface area (Å²) in [6.45, 7) is 1.17. The zero-order valence-electron chi connectivity index (χ0n) is 7.09. The van der Waals surface area contributed by atoms with Gasteiger partial charge in [-0.1, -0.05) is 0 Å². The van der Waals surface area contributed by atoms with Gasteiger partial charge in [-0.3, -0.25) is 0 Å². The van der Waals surface area contributed by atoms with Crippen molar-refractivity contribution in [3.8, 4) is 0 Å². The van der Waals surface area contributed by atoms with Gasteiger partial charge in [0.25, 0.3) is 6.43 Å². The van der Waals surface area contributed by atoms with Crippen molar-refractivity contribution >= 4 is 0 Å². The molecule has 74 valence electrons. The molecule has 0 aromatic rings.